The molecule has 1 fully saturated rings. The highest BCUT2D eigenvalue weighted by molar-refractivity contribution is 5.82. The van der Waals surface area contributed by atoms with Crippen molar-refractivity contribution in [2.75, 3.05) is 0 Å². The Morgan fingerprint density at radius 3 is 2.45 bits per heavy atom. The van der Waals surface area contributed by atoms with Crippen LogP contribution >= 0.6 is 0 Å². The Morgan fingerprint density at radius 2 is 1.95 bits per heavy atom. The molecule has 0 radical (unpaired) electrons. The second-order valence-electron chi connectivity index (χ2n) is 5.81. The number of hydrogen-bond donors (Lipinski definition) is 1. The van der Waals surface area contributed by atoms with Gasteiger partial charge in [-0.15, -0.1) is 0 Å². The van der Waals surface area contributed by atoms with Gasteiger partial charge in [0.2, 0.25) is 5.91 Å². The molecule has 1 saturated carbocycles. The van der Waals surface area contributed by atoms with Crippen molar-refractivity contribution in [1.82, 2.24) is 5.32 Å². The summed E-state index contributed by atoms with van der Waals surface area (Å²) in [5, 5.41) is 2.55. The number of nitrogens with one attached hydrogen (secondary N) is 1. The van der Waals surface area contributed by atoms with Gasteiger partial charge in [0.15, 0.2) is 0 Å². The zero-order chi connectivity index (χ0) is 15.1. The van der Waals surface area contributed by atoms with Crippen molar-refractivity contribution in [3.8, 4) is 0 Å². The number of alkyl halides is 3. The smallest absolute Gasteiger partial charge is 0.352 e. The molecule has 0 heterocycles. The van der Waals surface area contributed by atoms with E-state index in [1.54, 1.807) is 0 Å². The van der Waals surface area contributed by atoms with Crippen LogP contribution in [0.5, 0.6) is 0 Å². The number of benzene rings is 1. The number of carbonyl (C=O) groups excluding carboxylic acids is 1. The minimum Gasteiger partial charge on any atom is -0.352 e. The molecule has 0 spiro atoms. The van der Waals surface area contributed by atoms with Gasteiger partial charge in [-0.2, -0.15) is 13.2 Å². The number of carbonyl (C=O) groups is 1. The van der Waals surface area contributed by atoms with E-state index in [0.717, 1.165) is 18.6 Å². The molecule has 0 bridgehead atoms. The van der Waals surface area contributed by atoms with E-state index in [1.165, 1.54) is 0 Å². The van der Waals surface area contributed by atoms with Crippen molar-refractivity contribution in [3.63, 3.8) is 0 Å². The molecule has 1 aliphatic rings. The maximum atomic E-state index is 13.2. The maximum Gasteiger partial charge on any atom is 0.416 e. The number of halogens is 4. The summed E-state index contributed by atoms with van der Waals surface area (Å²) >= 11 is 0. The summed E-state index contributed by atoms with van der Waals surface area (Å²) in [6.45, 7) is 3.79. The van der Waals surface area contributed by atoms with Gasteiger partial charge < -0.3 is 5.32 Å². The van der Waals surface area contributed by atoms with Crippen LogP contribution in [-0.2, 0) is 17.5 Å². The highest BCUT2D eigenvalue weighted by Gasteiger charge is 2.50. The Balaban J connectivity index is 2.03. The Kier molecular flexibility index (Phi) is 3.52. The number of rotatable bonds is 3. The highest BCUT2D eigenvalue weighted by atomic mass is 19.4. The van der Waals surface area contributed by atoms with Gasteiger partial charge in [-0.1, -0.05) is 13.8 Å². The average molecular weight is 289 g/mol. The second kappa shape index (κ2) is 4.75. The van der Waals surface area contributed by atoms with Crippen LogP contribution in [-0.4, -0.2) is 5.91 Å². The Bertz CT molecular complexity index is 536. The fraction of sp³-hybridized carbons (Fsp3) is 0.500. The molecule has 1 unspecified atom stereocenters. The first-order valence-electron chi connectivity index (χ1n) is 6.24. The standard InChI is InChI=1S/C14H15F4NO/c1-13(2)6-11(13)12(20)19-7-8-3-9(14(16,17)18)5-10(15)4-8/h3-5,11H,6-7H2,1-2H3,(H,19,20). The fourth-order valence-corrected chi connectivity index (χ4v) is 2.14. The van der Waals surface area contributed by atoms with Crippen LogP contribution in [0.15, 0.2) is 18.2 Å². The normalized spacial score (nSPS) is 20.6. The van der Waals surface area contributed by atoms with E-state index < -0.39 is 17.6 Å². The Hall–Kier alpha value is -1.59. The third kappa shape index (κ3) is 3.29. The van der Waals surface area contributed by atoms with Crippen molar-refractivity contribution in [1.29, 1.82) is 0 Å². The molecule has 1 amide bonds. The van der Waals surface area contributed by atoms with Crippen LogP contribution in [0.3, 0.4) is 0 Å². The van der Waals surface area contributed by atoms with Gasteiger partial charge in [-0.25, -0.2) is 4.39 Å². The van der Waals surface area contributed by atoms with Crippen LogP contribution in [0.1, 0.15) is 31.4 Å². The molecule has 1 N–H and O–H groups in total. The highest BCUT2D eigenvalue weighted by Crippen LogP contribution is 2.51. The van der Waals surface area contributed by atoms with Gasteiger partial charge in [0.25, 0.3) is 0 Å². The van der Waals surface area contributed by atoms with Crippen molar-refractivity contribution in [2.45, 2.75) is 33.0 Å². The summed E-state index contributed by atoms with van der Waals surface area (Å²) in [5.41, 5.74) is -0.999. The van der Waals surface area contributed by atoms with E-state index >= 15 is 0 Å². The SMILES string of the molecule is CC1(C)CC1C(=O)NCc1cc(F)cc(C(F)(F)F)c1. The van der Waals surface area contributed by atoms with Gasteiger partial charge >= 0.3 is 6.18 Å². The Morgan fingerprint density at radius 1 is 1.35 bits per heavy atom. The average Bonchev–Trinajstić information content (AvgIpc) is 2.94. The first-order valence-corrected chi connectivity index (χ1v) is 6.24. The molecule has 1 atom stereocenters. The largest absolute Gasteiger partial charge is 0.416 e. The predicted molar refractivity (Wildman–Crippen MR) is 65.1 cm³/mol. The summed E-state index contributed by atoms with van der Waals surface area (Å²) in [5.74, 6) is -1.28. The van der Waals surface area contributed by atoms with Crippen LogP contribution in [0.25, 0.3) is 0 Å². The zero-order valence-corrected chi connectivity index (χ0v) is 11.1. The maximum absolute atomic E-state index is 13.2. The third-order valence-electron chi connectivity index (χ3n) is 3.58. The van der Waals surface area contributed by atoms with E-state index in [1.807, 2.05) is 13.8 Å². The third-order valence-corrected chi connectivity index (χ3v) is 3.58. The predicted octanol–water partition coefficient (Wildman–Crippen LogP) is 3.51. The summed E-state index contributed by atoms with van der Waals surface area (Å²) in [6, 6.07) is 2.28. The first-order chi connectivity index (χ1) is 9.09. The monoisotopic (exact) mass is 289 g/mol. The molecular formula is C14H15F4NO. The lowest BCUT2D eigenvalue weighted by Gasteiger charge is -2.11. The summed E-state index contributed by atoms with van der Waals surface area (Å²) < 4.78 is 50.8. The molecule has 0 aromatic heterocycles. The molecule has 1 aromatic rings. The van der Waals surface area contributed by atoms with Crippen molar-refractivity contribution in [3.05, 3.63) is 35.1 Å². The molecule has 20 heavy (non-hydrogen) atoms. The van der Waals surface area contributed by atoms with Gasteiger partial charge in [0.1, 0.15) is 5.82 Å². The van der Waals surface area contributed by atoms with Gasteiger partial charge in [-0.3, -0.25) is 4.79 Å². The molecule has 2 nitrogen and oxygen atoms in total. The van der Waals surface area contributed by atoms with Crippen LogP contribution < -0.4 is 5.32 Å². The lowest BCUT2D eigenvalue weighted by molar-refractivity contribution is -0.137. The second-order valence-corrected chi connectivity index (χ2v) is 5.81. The van der Waals surface area contributed by atoms with E-state index in [2.05, 4.69) is 5.32 Å². The lowest BCUT2D eigenvalue weighted by atomic mass is 10.1. The topological polar surface area (TPSA) is 29.1 Å². The lowest BCUT2D eigenvalue weighted by Crippen LogP contribution is -2.26. The molecule has 1 aliphatic carbocycles. The molecule has 1 aromatic carbocycles. The molecule has 110 valence electrons. The van der Waals surface area contributed by atoms with Gasteiger partial charge in [-0.05, 0) is 35.6 Å². The van der Waals surface area contributed by atoms with Crippen LogP contribution in [0.2, 0.25) is 0 Å². The van der Waals surface area contributed by atoms with E-state index in [9.17, 15) is 22.4 Å². The minimum absolute atomic E-state index is 0.0524. The molecule has 0 saturated heterocycles. The molecule has 2 rings (SSSR count). The quantitative estimate of drug-likeness (QED) is 0.848. The summed E-state index contributed by atoms with van der Waals surface area (Å²) in [4.78, 5) is 11.7. The number of amides is 1. The van der Waals surface area contributed by atoms with E-state index in [4.69, 9.17) is 0 Å². The van der Waals surface area contributed by atoms with Crippen molar-refractivity contribution < 1.29 is 22.4 Å². The van der Waals surface area contributed by atoms with Crippen LogP contribution in [0.4, 0.5) is 17.6 Å². The van der Waals surface area contributed by atoms with Gasteiger partial charge in [0, 0.05) is 12.5 Å². The minimum atomic E-state index is -4.60. The van der Waals surface area contributed by atoms with Crippen molar-refractivity contribution in [2.24, 2.45) is 11.3 Å². The fourth-order valence-electron chi connectivity index (χ4n) is 2.14. The van der Waals surface area contributed by atoms with E-state index in [0.29, 0.717) is 6.07 Å². The summed E-state index contributed by atoms with van der Waals surface area (Å²) in [6.07, 6.45) is -3.84. The zero-order valence-electron chi connectivity index (χ0n) is 11.1. The molecular weight excluding hydrogens is 274 g/mol. The first kappa shape index (κ1) is 14.8. The molecule has 6 heteroatoms. The van der Waals surface area contributed by atoms with E-state index in [-0.39, 0.29) is 29.3 Å². The summed E-state index contributed by atoms with van der Waals surface area (Å²) in [7, 11) is 0. The van der Waals surface area contributed by atoms with Crippen LogP contribution in [0, 0.1) is 17.2 Å². The molecule has 0 aliphatic heterocycles. The number of hydrogen-bond acceptors (Lipinski definition) is 1. The van der Waals surface area contributed by atoms with Gasteiger partial charge in [0.05, 0.1) is 5.56 Å². The van der Waals surface area contributed by atoms with Crippen molar-refractivity contribution >= 4 is 5.91 Å². The Labute approximate surface area is 114 Å².